The van der Waals surface area contributed by atoms with Crippen LogP contribution in [0.5, 0.6) is 0 Å². The van der Waals surface area contributed by atoms with Gasteiger partial charge in [-0.2, -0.15) is 8.78 Å². The smallest absolute Gasteiger partial charge is 0.203 e. The first kappa shape index (κ1) is 9.03. The second kappa shape index (κ2) is 3.13. The highest BCUT2D eigenvalue weighted by molar-refractivity contribution is 5.20. The first-order valence-corrected chi connectivity index (χ1v) is 3.26. The molecule has 0 saturated heterocycles. The second-order valence-corrected chi connectivity index (χ2v) is 2.29. The fourth-order valence-corrected chi connectivity index (χ4v) is 0.786. The molecule has 0 bridgehead atoms. The normalized spacial score (nSPS) is 12.1. The molecule has 0 fully saturated rings. The molecule has 1 aromatic carbocycles. The predicted octanol–water partition coefficient (Wildman–Crippen LogP) is 3.04. The fourth-order valence-electron chi connectivity index (χ4n) is 0.786. The zero-order valence-electron chi connectivity index (χ0n) is 5.98. The van der Waals surface area contributed by atoms with Crippen molar-refractivity contribution < 1.29 is 17.6 Å². The third-order valence-electron chi connectivity index (χ3n) is 1.43. The maximum Gasteiger partial charge on any atom is 0.332 e. The van der Waals surface area contributed by atoms with Gasteiger partial charge in [0.25, 0.3) is 0 Å². The van der Waals surface area contributed by atoms with Gasteiger partial charge in [-0.15, -0.1) is 0 Å². The van der Waals surface area contributed by atoms with Crippen molar-refractivity contribution in [3.05, 3.63) is 35.9 Å². The average Bonchev–Trinajstić information content (AvgIpc) is 2.06. The molecule has 0 amide bonds. The number of halogens is 4. The van der Waals surface area contributed by atoms with Crippen molar-refractivity contribution in [1.82, 2.24) is 0 Å². The molecule has 0 unspecified atom stereocenters. The molecular formula is C8H6F4. The van der Waals surface area contributed by atoms with Gasteiger partial charge in [-0.25, -0.2) is 8.78 Å². The molecule has 0 aliphatic heterocycles. The van der Waals surface area contributed by atoms with E-state index >= 15 is 0 Å². The summed E-state index contributed by atoms with van der Waals surface area (Å²) >= 11 is 0. The summed E-state index contributed by atoms with van der Waals surface area (Å²) in [5, 5.41) is 0. The lowest BCUT2D eigenvalue weighted by Gasteiger charge is -2.14. The molecule has 12 heavy (non-hydrogen) atoms. The van der Waals surface area contributed by atoms with Crippen molar-refractivity contribution in [3.63, 3.8) is 0 Å². The van der Waals surface area contributed by atoms with E-state index in [1.54, 1.807) is 0 Å². The summed E-state index contributed by atoms with van der Waals surface area (Å²) in [4.78, 5) is 0. The summed E-state index contributed by atoms with van der Waals surface area (Å²) in [5.41, 5.74) is -0.653. The lowest BCUT2D eigenvalue weighted by molar-refractivity contribution is -0.135. The van der Waals surface area contributed by atoms with Gasteiger partial charge in [0, 0.05) is 5.56 Å². The third-order valence-corrected chi connectivity index (χ3v) is 1.43. The number of alkyl halides is 4. The minimum atomic E-state index is -4.04. The molecule has 0 aromatic heterocycles. The molecule has 0 N–H and O–H groups in total. The molecule has 0 aliphatic rings. The molecule has 0 radical (unpaired) electrons. The average molecular weight is 178 g/mol. The van der Waals surface area contributed by atoms with E-state index in [2.05, 4.69) is 0 Å². The fraction of sp³-hybridized carbons (Fsp3) is 0.250. The molecule has 0 nitrogen and oxygen atoms in total. The number of rotatable bonds is 2. The van der Waals surface area contributed by atoms with Crippen molar-refractivity contribution in [2.24, 2.45) is 0 Å². The van der Waals surface area contributed by atoms with E-state index in [0.29, 0.717) is 0 Å². The van der Waals surface area contributed by atoms with Gasteiger partial charge in [0.2, 0.25) is 0 Å². The SMILES string of the molecule is FC(F)C(F)(F)c1ccccc1. The van der Waals surface area contributed by atoms with E-state index in [9.17, 15) is 17.6 Å². The van der Waals surface area contributed by atoms with Crippen LogP contribution in [0.2, 0.25) is 0 Å². The van der Waals surface area contributed by atoms with Crippen LogP contribution >= 0.6 is 0 Å². The Hall–Kier alpha value is -1.06. The maximum atomic E-state index is 12.5. The maximum absolute atomic E-state index is 12.5. The third kappa shape index (κ3) is 1.57. The molecular weight excluding hydrogens is 172 g/mol. The van der Waals surface area contributed by atoms with E-state index in [1.165, 1.54) is 18.2 Å². The standard InChI is InChI=1S/C8H6F4/c9-7(10)8(11,12)6-4-2-1-3-5-6/h1-5,7H. The van der Waals surface area contributed by atoms with E-state index in [1.807, 2.05) is 0 Å². The van der Waals surface area contributed by atoms with Crippen LogP contribution < -0.4 is 0 Å². The van der Waals surface area contributed by atoms with Crippen LogP contribution in [0.15, 0.2) is 30.3 Å². The van der Waals surface area contributed by atoms with E-state index in [0.717, 1.165) is 12.1 Å². The number of hydrogen-bond donors (Lipinski definition) is 0. The van der Waals surface area contributed by atoms with Crippen LogP contribution in [-0.2, 0) is 5.92 Å². The molecule has 4 heteroatoms. The molecule has 1 rings (SSSR count). The van der Waals surface area contributed by atoms with Gasteiger partial charge in [0.15, 0.2) is 0 Å². The summed E-state index contributed by atoms with van der Waals surface area (Å²) in [7, 11) is 0. The Morgan fingerprint density at radius 1 is 1.00 bits per heavy atom. The van der Waals surface area contributed by atoms with E-state index < -0.39 is 17.9 Å². The highest BCUT2D eigenvalue weighted by atomic mass is 19.3. The van der Waals surface area contributed by atoms with Crippen LogP contribution in [0.3, 0.4) is 0 Å². The van der Waals surface area contributed by atoms with Gasteiger partial charge in [-0.1, -0.05) is 30.3 Å². The lowest BCUT2D eigenvalue weighted by Crippen LogP contribution is -2.23. The summed E-state index contributed by atoms with van der Waals surface area (Å²) in [5.74, 6) is -4.04. The topological polar surface area (TPSA) is 0 Å². The van der Waals surface area contributed by atoms with E-state index in [-0.39, 0.29) is 0 Å². The van der Waals surface area contributed by atoms with Gasteiger partial charge in [-0.05, 0) is 0 Å². The Balaban J connectivity index is 2.98. The highest BCUT2D eigenvalue weighted by Crippen LogP contribution is 2.33. The van der Waals surface area contributed by atoms with Crippen molar-refractivity contribution in [1.29, 1.82) is 0 Å². The zero-order valence-corrected chi connectivity index (χ0v) is 5.98. The first-order valence-electron chi connectivity index (χ1n) is 3.26. The lowest BCUT2D eigenvalue weighted by atomic mass is 10.1. The van der Waals surface area contributed by atoms with Crippen LogP contribution in [0.4, 0.5) is 17.6 Å². The highest BCUT2D eigenvalue weighted by Gasteiger charge is 2.42. The van der Waals surface area contributed by atoms with Gasteiger partial charge >= 0.3 is 12.3 Å². The van der Waals surface area contributed by atoms with Crippen molar-refractivity contribution in [2.75, 3.05) is 0 Å². The van der Waals surface area contributed by atoms with Gasteiger partial charge < -0.3 is 0 Å². The first-order chi connectivity index (χ1) is 5.55. The molecule has 0 atom stereocenters. The van der Waals surface area contributed by atoms with Crippen LogP contribution in [0.25, 0.3) is 0 Å². The summed E-state index contributed by atoms with van der Waals surface area (Å²) < 4.78 is 48.6. The van der Waals surface area contributed by atoms with E-state index in [4.69, 9.17) is 0 Å². The molecule has 0 saturated carbocycles. The molecule has 1 aromatic rings. The van der Waals surface area contributed by atoms with Gasteiger partial charge in [0.1, 0.15) is 0 Å². The molecule has 0 heterocycles. The number of hydrogen-bond acceptors (Lipinski definition) is 0. The molecule has 0 aliphatic carbocycles. The predicted molar refractivity (Wildman–Crippen MR) is 36.3 cm³/mol. The Morgan fingerprint density at radius 2 is 1.50 bits per heavy atom. The Morgan fingerprint density at radius 3 is 1.92 bits per heavy atom. The number of benzene rings is 1. The zero-order chi connectivity index (χ0) is 9.19. The minimum absolute atomic E-state index is 0.653. The van der Waals surface area contributed by atoms with Gasteiger partial charge in [0.05, 0.1) is 0 Å². The van der Waals surface area contributed by atoms with Crippen LogP contribution in [0.1, 0.15) is 5.56 Å². The van der Waals surface area contributed by atoms with Crippen molar-refractivity contribution in [2.45, 2.75) is 12.3 Å². The van der Waals surface area contributed by atoms with Crippen LogP contribution in [-0.4, -0.2) is 6.43 Å². The van der Waals surface area contributed by atoms with Crippen molar-refractivity contribution >= 4 is 0 Å². The summed E-state index contributed by atoms with van der Waals surface area (Å²) in [6.45, 7) is 0. The quantitative estimate of drug-likeness (QED) is 0.610. The summed E-state index contributed by atoms with van der Waals surface area (Å²) in [6, 6.07) is 6.04. The summed E-state index contributed by atoms with van der Waals surface area (Å²) in [6.07, 6.45) is -3.65. The van der Waals surface area contributed by atoms with Gasteiger partial charge in [-0.3, -0.25) is 0 Å². The Kier molecular flexibility index (Phi) is 2.35. The minimum Gasteiger partial charge on any atom is -0.203 e. The second-order valence-electron chi connectivity index (χ2n) is 2.29. The Bertz CT molecular complexity index is 242. The largest absolute Gasteiger partial charge is 0.332 e. The Labute approximate surface area is 66.8 Å². The monoisotopic (exact) mass is 178 g/mol. The van der Waals surface area contributed by atoms with Crippen LogP contribution in [0, 0.1) is 0 Å². The van der Waals surface area contributed by atoms with Crippen molar-refractivity contribution in [3.8, 4) is 0 Å². The molecule has 0 spiro atoms. The molecule has 66 valence electrons.